The lowest BCUT2D eigenvalue weighted by atomic mass is 10.0. The third-order valence-electron chi connectivity index (χ3n) is 4.69. The largest absolute Gasteiger partial charge is 0.493 e. The zero-order chi connectivity index (χ0) is 13.9. The molecule has 0 aromatic heterocycles. The molecule has 2 saturated heterocycles. The summed E-state index contributed by atoms with van der Waals surface area (Å²) in [7, 11) is 0. The van der Waals surface area contributed by atoms with Crippen molar-refractivity contribution in [2.75, 3.05) is 39.3 Å². The van der Waals surface area contributed by atoms with E-state index in [2.05, 4.69) is 42.3 Å². The SMILES string of the molecule is Cc1ccc(C)c(OCCCN2CC3CNCC3C2)c1. The van der Waals surface area contributed by atoms with E-state index >= 15 is 0 Å². The summed E-state index contributed by atoms with van der Waals surface area (Å²) in [5, 5.41) is 3.49. The van der Waals surface area contributed by atoms with Crippen LogP contribution in [0.3, 0.4) is 0 Å². The average Bonchev–Trinajstić information content (AvgIpc) is 2.99. The molecule has 3 rings (SSSR count). The fourth-order valence-electron chi connectivity index (χ4n) is 3.47. The minimum atomic E-state index is 0.828. The van der Waals surface area contributed by atoms with Gasteiger partial charge in [-0.25, -0.2) is 0 Å². The van der Waals surface area contributed by atoms with Gasteiger partial charge < -0.3 is 15.0 Å². The Balaban J connectivity index is 1.39. The molecule has 20 heavy (non-hydrogen) atoms. The maximum absolute atomic E-state index is 5.93. The first-order valence-corrected chi connectivity index (χ1v) is 7.85. The molecule has 0 aliphatic carbocycles. The van der Waals surface area contributed by atoms with Crippen LogP contribution in [0.4, 0.5) is 0 Å². The van der Waals surface area contributed by atoms with Crippen molar-refractivity contribution >= 4 is 0 Å². The first kappa shape index (κ1) is 13.9. The molecular formula is C17H26N2O. The second kappa shape index (κ2) is 6.15. The molecule has 2 atom stereocenters. The Morgan fingerprint density at radius 1 is 1.20 bits per heavy atom. The minimum Gasteiger partial charge on any atom is -0.493 e. The molecule has 0 bridgehead atoms. The van der Waals surface area contributed by atoms with Gasteiger partial charge in [0.2, 0.25) is 0 Å². The Morgan fingerprint density at radius 3 is 2.70 bits per heavy atom. The molecule has 2 fully saturated rings. The van der Waals surface area contributed by atoms with Crippen molar-refractivity contribution in [3.8, 4) is 5.75 Å². The van der Waals surface area contributed by atoms with Gasteiger partial charge in [-0.15, -0.1) is 0 Å². The predicted octanol–water partition coefficient (Wildman–Crippen LogP) is 2.22. The summed E-state index contributed by atoms with van der Waals surface area (Å²) >= 11 is 0. The van der Waals surface area contributed by atoms with Gasteiger partial charge in [0.05, 0.1) is 6.61 Å². The molecular weight excluding hydrogens is 248 g/mol. The normalized spacial score (nSPS) is 25.9. The second-order valence-corrected chi connectivity index (χ2v) is 6.41. The molecule has 0 saturated carbocycles. The first-order valence-electron chi connectivity index (χ1n) is 7.85. The van der Waals surface area contributed by atoms with E-state index < -0.39 is 0 Å². The van der Waals surface area contributed by atoms with Gasteiger partial charge in [0, 0.05) is 19.6 Å². The molecule has 0 amide bonds. The maximum atomic E-state index is 5.93. The number of aryl methyl sites for hydroxylation is 2. The molecule has 3 heteroatoms. The third kappa shape index (κ3) is 3.15. The van der Waals surface area contributed by atoms with Crippen molar-refractivity contribution in [1.82, 2.24) is 10.2 Å². The first-order chi connectivity index (χ1) is 9.72. The lowest BCUT2D eigenvalue weighted by Crippen LogP contribution is -2.27. The number of hydrogen-bond donors (Lipinski definition) is 1. The van der Waals surface area contributed by atoms with Gasteiger partial charge >= 0.3 is 0 Å². The fraction of sp³-hybridized carbons (Fsp3) is 0.647. The second-order valence-electron chi connectivity index (χ2n) is 6.41. The Morgan fingerprint density at radius 2 is 1.95 bits per heavy atom. The molecule has 2 unspecified atom stereocenters. The number of nitrogens with zero attached hydrogens (tertiary/aromatic N) is 1. The molecule has 1 aromatic rings. The molecule has 2 aliphatic rings. The summed E-state index contributed by atoms with van der Waals surface area (Å²) in [6, 6.07) is 6.42. The zero-order valence-corrected chi connectivity index (χ0v) is 12.7. The number of ether oxygens (including phenoxy) is 1. The summed E-state index contributed by atoms with van der Waals surface area (Å²) in [6.45, 7) is 11.2. The van der Waals surface area contributed by atoms with Gasteiger partial charge in [-0.3, -0.25) is 0 Å². The van der Waals surface area contributed by atoms with E-state index in [0.717, 1.165) is 30.6 Å². The molecule has 110 valence electrons. The maximum Gasteiger partial charge on any atom is 0.122 e. The fourth-order valence-corrected chi connectivity index (χ4v) is 3.47. The summed E-state index contributed by atoms with van der Waals surface area (Å²) in [5.74, 6) is 2.84. The highest BCUT2D eigenvalue weighted by atomic mass is 16.5. The van der Waals surface area contributed by atoms with Gasteiger partial charge in [-0.2, -0.15) is 0 Å². The average molecular weight is 274 g/mol. The van der Waals surface area contributed by atoms with Crippen LogP contribution in [0.25, 0.3) is 0 Å². The smallest absolute Gasteiger partial charge is 0.122 e. The van der Waals surface area contributed by atoms with Crippen molar-refractivity contribution in [2.45, 2.75) is 20.3 Å². The molecule has 2 aliphatic heterocycles. The summed E-state index contributed by atoms with van der Waals surface area (Å²) in [4.78, 5) is 2.61. The number of benzene rings is 1. The monoisotopic (exact) mass is 274 g/mol. The van der Waals surface area contributed by atoms with Gasteiger partial charge in [0.25, 0.3) is 0 Å². The summed E-state index contributed by atoms with van der Waals surface area (Å²) in [6.07, 6.45) is 1.13. The number of likely N-dealkylation sites (tertiary alicyclic amines) is 1. The van der Waals surface area contributed by atoms with Crippen LogP contribution in [0.2, 0.25) is 0 Å². The van der Waals surface area contributed by atoms with E-state index in [1.807, 2.05) is 0 Å². The molecule has 1 N–H and O–H groups in total. The van der Waals surface area contributed by atoms with E-state index in [4.69, 9.17) is 4.74 Å². The lowest BCUT2D eigenvalue weighted by Gasteiger charge is -2.17. The lowest BCUT2D eigenvalue weighted by molar-refractivity contribution is 0.253. The van der Waals surface area contributed by atoms with E-state index in [1.165, 1.54) is 43.9 Å². The van der Waals surface area contributed by atoms with Gasteiger partial charge in [0.1, 0.15) is 5.75 Å². The Kier molecular flexibility index (Phi) is 4.27. The van der Waals surface area contributed by atoms with Crippen molar-refractivity contribution < 1.29 is 4.74 Å². The highest BCUT2D eigenvalue weighted by molar-refractivity contribution is 5.35. The summed E-state index contributed by atoms with van der Waals surface area (Å²) < 4.78 is 5.93. The Labute approximate surface area is 122 Å². The van der Waals surface area contributed by atoms with Crippen LogP contribution in [0, 0.1) is 25.7 Å². The Bertz CT molecular complexity index is 448. The minimum absolute atomic E-state index is 0.828. The van der Waals surface area contributed by atoms with Crippen LogP contribution in [0.5, 0.6) is 5.75 Å². The Hall–Kier alpha value is -1.06. The third-order valence-corrected chi connectivity index (χ3v) is 4.69. The van der Waals surface area contributed by atoms with E-state index in [-0.39, 0.29) is 0 Å². The van der Waals surface area contributed by atoms with Crippen LogP contribution in [0.1, 0.15) is 17.5 Å². The standard InChI is InChI=1S/C17H26N2O/c1-13-4-5-14(2)17(8-13)20-7-3-6-19-11-15-9-18-10-16(15)12-19/h4-5,8,15-16,18H,3,6-7,9-12H2,1-2H3. The molecule has 1 aromatic carbocycles. The quantitative estimate of drug-likeness (QED) is 0.833. The van der Waals surface area contributed by atoms with Crippen LogP contribution in [0.15, 0.2) is 18.2 Å². The molecule has 0 radical (unpaired) electrons. The van der Waals surface area contributed by atoms with Gasteiger partial charge in [0.15, 0.2) is 0 Å². The van der Waals surface area contributed by atoms with Crippen molar-refractivity contribution in [3.63, 3.8) is 0 Å². The van der Waals surface area contributed by atoms with Crippen LogP contribution in [-0.2, 0) is 0 Å². The van der Waals surface area contributed by atoms with Crippen LogP contribution < -0.4 is 10.1 Å². The summed E-state index contributed by atoms with van der Waals surface area (Å²) in [5.41, 5.74) is 2.50. The zero-order valence-electron chi connectivity index (χ0n) is 12.7. The van der Waals surface area contributed by atoms with Crippen LogP contribution >= 0.6 is 0 Å². The molecule has 0 spiro atoms. The number of rotatable bonds is 5. The van der Waals surface area contributed by atoms with Crippen molar-refractivity contribution in [1.29, 1.82) is 0 Å². The van der Waals surface area contributed by atoms with E-state index in [0.29, 0.717) is 0 Å². The number of fused-ring (bicyclic) bond motifs is 1. The number of hydrogen-bond acceptors (Lipinski definition) is 3. The van der Waals surface area contributed by atoms with Crippen molar-refractivity contribution in [3.05, 3.63) is 29.3 Å². The topological polar surface area (TPSA) is 24.5 Å². The van der Waals surface area contributed by atoms with E-state index in [9.17, 15) is 0 Å². The predicted molar refractivity (Wildman–Crippen MR) is 82.3 cm³/mol. The van der Waals surface area contributed by atoms with E-state index in [1.54, 1.807) is 0 Å². The van der Waals surface area contributed by atoms with Gasteiger partial charge in [-0.05, 0) is 62.4 Å². The van der Waals surface area contributed by atoms with Crippen LogP contribution in [-0.4, -0.2) is 44.2 Å². The molecule has 3 nitrogen and oxygen atoms in total. The highest BCUT2D eigenvalue weighted by Gasteiger charge is 2.35. The van der Waals surface area contributed by atoms with Crippen molar-refractivity contribution in [2.24, 2.45) is 11.8 Å². The molecule has 2 heterocycles. The number of nitrogens with one attached hydrogen (secondary N) is 1. The highest BCUT2D eigenvalue weighted by Crippen LogP contribution is 2.26. The van der Waals surface area contributed by atoms with Gasteiger partial charge in [-0.1, -0.05) is 12.1 Å².